The monoisotopic (exact) mass is 663 g/mol. The molecule has 0 spiro atoms. The fourth-order valence-electron chi connectivity index (χ4n) is 7.74. The molecule has 2 nitrogen and oxygen atoms in total. The number of benzene rings is 9. The summed E-state index contributed by atoms with van der Waals surface area (Å²) in [5, 5.41) is 8.49. The Morgan fingerprint density at radius 1 is 0.327 bits per heavy atom. The van der Waals surface area contributed by atoms with Gasteiger partial charge in [-0.3, -0.25) is 0 Å². The van der Waals surface area contributed by atoms with Crippen molar-refractivity contribution in [2.45, 2.75) is 0 Å². The third-order valence-corrected chi connectivity index (χ3v) is 10.3. The van der Waals surface area contributed by atoms with Crippen LogP contribution in [0.2, 0.25) is 0 Å². The van der Waals surface area contributed by atoms with Crippen LogP contribution in [0.1, 0.15) is 0 Å². The topological polar surface area (TPSA) is 16.4 Å². The number of fused-ring (bicyclic) bond motifs is 5. The van der Waals surface area contributed by atoms with Crippen molar-refractivity contribution in [1.29, 1.82) is 0 Å². The summed E-state index contributed by atoms with van der Waals surface area (Å²) in [6, 6.07) is 71.7. The van der Waals surface area contributed by atoms with Crippen molar-refractivity contribution >= 4 is 60.3 Å². The van der Waals surface area contributed by atoms with E-state index >= 15 is 0 Å². The smallest absolute Gasteiger partial charge is 0.136 e. The van der Waals surface area contributed by atoms with Crippen molar-refractivity contribution in [3.8, 4) is 33.6 Å². The van der Waals surface area contributed by atoms with E-state index in [-0.39, 0.29) is 0 Å². The molecule has 1 heterocycles. The number of rotatable bonds is 6. The SMILES string of the molecule is c1ccc(-c2cc3ccccc3o2)c(-c2ccc(-c3ccc(N(c4cccc5ccccc45)c4cc5ccccc5c5ccccc45)cc3)cc2)c1. The van der Waals surface area contributed by atoms with Crippen molar-refractivity contribution < 1.29 is 4.42 Å². The number of hydrogen-bond donors (Lipinski definition) is 0. The van der Waals surface area contributed by atoms with Crippen LogP contribution in [-0.4, -0.2) is 0 Å². The summed E-state index contributed by atoms with van der Waals surface area (Å²) in [5.74, 6) is 0.881. The maximum absolute atomic E-state index is 6.27. The summed E-state index contributed by atoms with van der Waals surface area (Å²) in [6.07, 6.45) is 0. The Balaban J connectivity index is 1.06. The lowest BCUT2D eigenvalue weighted by Crippen LogP contribution is -2.11. The minimum absolute atomic E-state index is 0.881. The molecule has 0 unspecified atom stereocenters. The van der Waals surface area contributed by atoms with E-state index < -0.39 is 0 Å². The van der Waals surface area contributed by atoms with E-state index in [9.17, 15) is 0 Å². The third-order valence-electron chi connectivity index (χ3n) is 10.3. The van der Waals surface area contributed by atoms with Crippen LogP contribution >= 0.6 is 0 Å². The molecular formula is C50H33NO. The van der Waals surface area contributed by atoms with Crippen LogP contribution in [0.5, 0.6) is 0 Å². The van der Waals surface area contributed by atoms with E-state index in [0.29, 0.717) is 0 Å². The molecule has 0 amide bonds. The van der Waals surface area contributed by atoms with Gasteiger partial charge >= 0.3 is 0 Å². The molecule has 0 aliphatic rings. The van der Waals surface area contributed by atoms with Crippen LogP contribution in [0.25, 0.3) is 76.9 Å². The van der Waals surface area contributed by atoms with Gasteiger partial charge in [0, 0.05) is 27.4 Å². The number of anilines is 3. The first kappa shape index (κ1) is 30.0. The zero-order valence-electron chi connectivity index (χ0n) is 28.4. The number of para-hydroxylation sites is 1. The van der Waals surface area contributed by atoms with Gasteiger partial charge in [-0.1, -0.05) is 164 Å². The van der Waals surface area contributed by atoms with E-state index in [0.717, 1.165) is 50.5 Å². The first-order chi connectivity index (χ1) is 25.8. The highest BCUT2D eigenvalue weighted by atomic mass is 16.3. The van der Waals surface area contributed by atoms with Gasteiger partial charge in [-0.2, -0.15) is 0 Å². The highest BCUT2D eigenvalue weighted by Crippen LogP contribution is 2.44. The van der Waals surface area contributed by atoms with Gasteiger partial charge in [0.05, 0.1) is 11.4 Å². The minimum Gasteiger partial charge on any atom is -0.456 e. The van der Waals surface area contributed by atoms with Crippen molar-refractivity contribution in [2.24, 2.45) is 0 Å². The summed E-state index contributed by atoms with van der Waals surface area (Å²) in [4.78, 5) is 2.43. The molecule has 10 aromatic rings. The second-order valence-corrected chi connectivity index (χ2v) is 13.3. The third kappa shape index (κ3) is 5.12. The fraction of sp³-hybridized carbons (Fsp3) is 0. The minimum atomic E-state index is 0.881. The van der Waals surface area contributed by atoms with Gasteiger partial charge in [0.1, 0.15) is 11.3 Å². The molecule has 2 heteroatoms. The highest BCUT2D eigenvalue weighted by Gasteiger charge is 2.19. The molecule has 52 heavy (non-hydrogen) atoms. The van der Waals surface area contributed by atoms with Gasteiger partial charge in [0.25, 0.3) is 0 Å². The van der Waals surface area contributed by atoms with Crippen LogP contribution in [0, 0.1) is 0 Å². The van der Waals surface area contributed by atoms with Gasteiger partial charge in [-0.25, -0.2) is 0 Å². The quantitative estimate of drug-likeness (QED) is 0.165. The Bertz CT molecular complexity index is 2860. The molecule has 0 fully saturated rings. The van der Waals surface area contributed by atoms with Crippen LogP contribution < -0.4 is 4.90 Å². The molecule has 0 bridgehead atoms. The molecule has 0 atom stereocenters. The lowest BCUT2D eigenvalue weighted by molar-refractivity contribution is 0.632. The van der Waals surface area contributed by atoms with Crippen LogP contribution in [-0.2, 0) is 0 Å². The van der Waals surface area contributed by atoms with Gasteiger partial charge < -0.3 is 9.32 Å². The maximum atomic E-state index is 6.27. The van der Waals surface area contributed by atoms with E-state index in [1.807, 2.05) is 18.2 Å². The zero-order valence-corrected chi connectivity index (χ0v) is 28.4. The lowest BCUT2D eigenvalue weighted by Gasteiger charge is -2.29. The van der Waals surface area contributed by atoms with E-state index in [1.54, 1.807) is 0 Å². The summed E-state index contributed by atoms with van der Waals surface area (Å²) in [5.41, 5.74) is 10.1. The summed E-state index contributed by atoms with van der Waals surface area (Å²) < 4.78 is 6.27. The Morgan fingerprint density at radius 3 is 1.65 bits per heavy atom. The number of hydrogen-bond acceptors (Lipinski definition) is 2. The second kappa shape index (κ2) is 12.5. The fourth-order valence-corrected chi connectivity index (χ4v) is 7.74. The molecule has 244 valence electrons. The molecule has 0 radical (unpaired) electrons. The summed E-state index contributed by atoms with van der Waals surface area (Å²) in [7, 11) is 0. The molecule has 0 saturated heterocycles. The van der Waals surface area contributed by atoms with E-state index in [1.165, 1.54) is 43.4 Å². The Hall–Kier alpha value is -6.90. The van der Waals surface area contributed by atoms with Crippen LogP contribution in [0.15, 0.2) is 205 Å². The van der Waals surface area contributed by atoms with Crippen molar-refractivity contribution in [1.82, 2.24) is 0 Å². The first-order valence-electron chi connectivity index (χ1n) is 17.8. The van der Waals surface area contributed by atoms with E-state index in [2.05, 4.69) is 187 Å². The van der Waals surface area contributed by atoms with Gasteiger partial charge in [0.2, 0.25) is 0 Å². The largest absolute Gasteiger partial charge is 0.456 e. The summed E-state index contributed by atoms with van der Waals surface area (Å²) in [6.45, 7) is 0. The zero-order chi connectivity index (χ0) is 34.4. The van der Waals surface area contributed by atoms with Crippen molar-refractivity contribution in [3.63, 3.8) is 0 Å². The van der Waals surface area contributed by atoms with Crippen molar-refractivity contribution in [2.75, 3.05) is 4.90 Å². The molecule has 0 aliphatic carbocycles. The summed E-state index contributed by atoms with van der Waals surface area (Å²) >= 11 is 0. The Morgan fingerprint density at radius 2 is 0.885 bits per heavy atom. The number of nitrogens with zero attached hydrogens (tertiary/aromatic N) is 1. The molecule has 10 rings (SSSR count). The maximum Gasteiger partial charge on any atom is 0.136 e. The highest BCUT2D eigenvalue weighted by molar-refractivity contribution is 6.15. The molecule has 0 aliphatic heterocycles. The van der Waals surface area contributed by atoms with Gasteiger partial charge in [-0.15, -0.1) is 0 Å². The normalized spacial score (nSPS) is 11.5. The predicted molar refractivity (Wildman–Crippen MR) is 220 cm³/mol. The van der Waals surface area contributed by atoms with Gasteiger partial charge in [0.15, 0.2) is 0 Å². The lowest BCUT2D eigenvalue weighted by atomic mass is 9.95. The number of furan rings is 1. The van der Waals surface area contributed by atoms with Gasteiger partial charge in [-0.05, 0) is 80.2 Å². The van der Waals surface area contributed by atoms with Crippen molar-refractivity contribution in [3.05, 3.63) is 200 Å². The van der Waals surface area contributed by atoms with E-state index in [4.69, 9.17) is 4.42 Å². The molecule has 0 saturated carbocycles. The average Bonchev–Trinajstić information content (AvgIpc) is 3.66. The van der Waals surface area contributed by atoms with Crippen LogP contribution in [0.3, 0.4) is 0 Å². The first-order valence-corrected chi connectivity index (χ1v) is 17.8. The molecule has 9 aromatic carbocycles. The Labute approximate surface area is 302 Å². The van der Waals surface area contributed by atoms with Crippen LogP contribution in [0.4, 0.5) is 17.1 Å². The molecule has 0 N–H and O–H groups in total. The standard InChI is InChI=1S/C50H33NO/c1-5-18-43-36(12-1)15-11-22-47(43)51(48-32-38-13-2-4-17-42(38)44-19-7-8-20-45(44)48)40-30-28-35(29-31-40)34-24-26-37(27-25-34)41-16-6-9-21-46(41)50-33-39-14-3-10-23-49(39)52-50/h1-33H. The molecule has 1 aromatic heterocycles. The Kier molecular flexibility index (Phi) is 7.18. The second-order valence-electron chi connectivity index (χ2n) is 13.3. The average molecular weight is 664 g/mol. The predicted octanol–water partition coefficient (Wildman–Crippen LogP) is 14.4. The molecular weight excluding hydrogens is 631 g/mol.